The third kappa shape index (κ3) is 1.24. The molecule has 0 unspecified atom stereocenters. The maximum atomic E-state index is 8.73. The van der Waals surface area contributed by atoms with Gasteiger partial charge < -0.3 is 10.3 Å². The van der Waals surface area contributed by atoms with E-state index >= 15 is 0 Å². The van der Waals surface area contributed by atoms with Gasteiger partial charge in [-0.3, -0.25) is 0 Å². The normalized spacial score (nSPS) is 46.8. The summed E-state index contributed by atoms with van der Waals surface area (Å²) in [6.07, 6.45) is 2.62. The number of hydrogen-bond acceptors (Lipinski definition) is 2. The van der Waals surface area contributed by atoms with E-state index in [0.717, 1.165) is 19.5 Å². The van der Waals surface area contributed by atoms with Gasteiger partial charge in [-0.2, -0.15) is 0 Å². The molecule has 73 valence electrons. The van der Waals surface area contributed by atoms with Crippen molar-refractivity contribution in [1.29, 1.82) is 0 Å². The van der Waals surface area contributed by atoms with E-state index in [2.05, 4.69) is 26.0 Å². The largest absolute Gasteiger partial charge is 0.440 e. The molecular formula is C10H19BNO. The van der Waals surface area contributed by atoms with Gasteiger partial charge in [-0.05, 0) is 36.0 Å². The van der Waals surface area contributed by atoms with Crippen molar-refractivity contribution in [2.45, 2.75) is 39.7 Å². The molecule has 2 bridgehead atoms. The van der Waals surface area contributed by atoms with Crippen LogP contribution in [0.1, 0.15) is 33.6 Å². The van der Waals surface area contributed by atoms with Crippen molar-refractivity contribution in [2.24, 2.45) is 23.2 Å². The summed E-state index contributed by atoms with van der Waals surface area (Å²) in [7, 11) is 1.11. The molecule has 3 rings (SSSR count). The van der Waals surface area contributed by atoms with Gasteiger partial charge in [0, 0.05) is 6.04 Å². The van der Waals surface area contributed by atoms with Crippen molar-refractivity contribution in [3.05, 3.63) is 0 Å². The van der Waals surface area contributed by atoms with Crippen molar-refractivity contribution < 1.29 is 5.02 Å². The lowest BCUT2D eigenvalue weighted by Gasteiger charge is -2.62. The molecule has 0 aromatic rings. The summed E-state index contributed by atoms with van der Waals surface area (Å²) in [6, 6.07) is 0.502. The second-order valence-corrected chi connectivity index (χ2v) is 5.36. The zero-order valence-corrected chi connectivity index (χ0v) is 8.75. The predicted molar refractivity (Wildman–Crippen MR) is 54.1 cm³/mol. The highest BCUT2D eigenvalue weighted by Gasteiger charge is 2.55. The van der Waals surface area contributed by atoms with E-state index in [1.165, 1.54) is 12.8 Å². The lowest BCUT2D eigenvalue weighted by molar-refractivity contribution is -0.111. The van der Waals surface area contributed by atoms with Gasteiger partial charge in [0.15, 0.2) is 0 Å². The van der Waals surface area contributed by atoms with Gasteiger partial charge in [0.1, 0.15) is 0 Å². The molecule has 13 heavy (non-hydrogen) atoms. The predicted octanol–water partition coefficient (Wildman–Crippen LogP) is 1.17. The summed E-state index contributed by atoms with van der Waals surface area (Å²) in [6.45, 7) is 7.09. The smallest absolute Gasteiger partial charge is 0.393 e. The van der Waals surface area contributed by atoms with Crippen molar-refractivity contribution in [3.8, 4) is 0 Å². The van der Waals surface area contributed by atoms with Crippen molar-refractivity contribution in [1.82, 2.24) is 5.23 Å². The van der Waals surface area contributed by atoms with Crippen molar-refractivity contribution in [3.63, 3.8) is 0 Å². The monoisotopic (exact) mass is 180 g/mol. The Balaban J connectivity index is 2.03. The van der Waals surface area contributed by atoms with E-state index in [9.17, 15) is 0 Å². The Kier molecular flexibility index (Phi) is 2.19. The minimum atomic E-state index is 0.502. The van der Waals surface area contributed by atoms with Gasteiger partial charge in [-0.1, -0.05) is 20.8 Å². The maximum Gasteiger partial charge on any atom is 0.393 e. The summed E-state index contributed by atoms with van der Waals surface area (Å²) in [5.74, 6) is 2.42. The van der Waals surface area contributed by atoms with E-state index in [-0.39, 0.29) is 0 Å². The fraction of sp³-hybridized carbons (Fsp3) is 1.00. The molecule has 2 nitrogen and oxygen atoms in total. The van der Waals surface area contributed by atoms with E-state index in [1.54, 1.807) is 0 Å². The van der Waals surface area contributed by atoms with E-state index in [4.69, 9.17) is 5.02 Å². The molecule has 3 saturated carbocycles. The molecule has 3 fully saturated rings. The van der Waals surface area contributed by atoms with Crippen LogP contribution in [0.5, 0.6) is 0 Å². The Morgan fingerprint density at radius 2 is 2.08 bits per heavy atom. The van der Waals surface area contributed by atoms with Crippen LogP contribution in [0.25, 0.3) is 0 Å². The third-order valence-electron chi connectivity index (χ3n) is 4.64. The van der Waals surface area contributed by atoms with Crippen LogP contribution in [0.3, 0.4) is 0 Å². The maximum absolute atomic E-state index is 8.73. The SMILES string of the molecule is C[C@@H]1[C@@H](N[B]O)C[C@H]2C[C@@H]1C2(C)C. The highest BCUT2D eigenvalue weighted by atomic mass is 16.2. The van der Waals surface area contributed by atoms with Crippen molar-refractivity contribution >= 4 is 7.62 Å². The minimum Gasteiger partial charge on any atom is -0.440 e. The molecule has 0 aromatic carbocycles. The molecule has 3 aliphatic rings. The van der Waals surface area contributed by atoms with Gasteiger partial charge in [0.05, 0.1) is 0 Å². The van der Waals surface area contributed by atoms with Crippen LogP contribution in [0.4, 0.5) is 0 Å². The molecule has 0 saturated heterocycles. The Labute approximate surface area is 81.4 Å². The number of rotatable bonds is 2. The van der Waals surface area contributed by atoms with Crippen LogP contribution < -0.4 is 5.23 Å². The average Bonchev–Trinajstić information content (AvgIpc) is 2.08. The molecule has 2 N–H and O–H groups in total. The first-order valence-electron chi connectivity index (χ1n) is 5.29. The zero-order valence-electron chi connectivity index (χ0n) is 8.75. The van der Waals surface area contributed by atoms with Gasteiger partial charge in [0.25, 0.3) is 0 Å². The Bertz CT molecular complexity index is 207. The Morgan fingerprint density at radius 1 is 1.38 bits per heavy atom. The molecule has 1 radical (unpaired) electrons. The molecule has 3 heteroatoms. The van der Waals surface area contributed by atoms with Crippen LogP contribution >= 0.6 is 0 Å². The highest BCUT2D eigenvalue weighted by molar-refractivity contribution is 6.21. The minimum absolute atomic E-state index is 0.502. The molecule has 3 aliphatic carbocycles. The first kappa shape index (κ1) is 9.54. The lowest BCUT2D eigenvalue weighted by atomic mass is 9.44. The van der Waals surface area contributed by atoms with Crippen LogP contribution in [-0.2, 0) is 0 Å². The van der Waals surface area contributed by atoms with Gasteiger partial charge in [-0.15, -0.1) is 0 Å². The second kappa shape index (κ2) is 2.99. The lowest BCUT2D eigenvalue weighted by Crippen LogP contribution is -2.60. The summed E-state index contributed by atoms with van der Waals surface area (Å²) >= 11 is 0. The Morgan fingerprint density at radius 3 is 2.54 bits per heavy atom. The molecular weight excluding hydrogens is 161 g/mol. The zero-order chi connectivity index (χ0) is 9.64. The van der Waals surface area contributed by atoms with Crippen molar-refractivity contribution in [2.75, 3.05) is 0 Å². The first-order valence-corrected chi connectivity index (χ1v) is 5.29. The molecule has 0 aliphatic heterocycles. The molecule has 0 aromatic heterocycles. The Hall–Kier alpha value is -0.0151. The quantitative estimate of drug-likeness (QED) is 0.625. The van der Waals surface area contributed by atoms with E-state index in [1.807, 2.05) is 0 Å². The van der Waals surface area contributed by atoms with Gasteiger partial charge in [0.2, 0.25) is 0 Å². The highest BCUT2D eigenvalue weighted by Crippen LogP contribution is 2.61. The topological polar surface area (TPSA) is 32.3 Å². The van der Waals surface area contributed by atoms with Crippen LogP contribution in [-0.4, -0.2) is 18.7 Å². The van der Waals surface area contributed by atoms with Crippen LogP contribution in [0.15, 0.2) is 0 Å². The van der Waals surface area contributed by atoms with Gasteiger partial charge in [-0.25, -0.2) is 0 Å². The third-order valence-corrected chi connectivity index (χ3v) is 4.64. The number of hydrogen-bond donors (Lipinski definition) is 2. The molecule has 0 spiro atoms. The standard InChI is InChI=1S/C10H19BNO/c1-6-8-4-7(10(8,2)3)5-9(6)12-11-13/h6-9,12-13H,4-5H2,1-3H3/t6-,7+,8-,9-/m0/s1. The first-order chi connectivity index (χ1) is 6.07. The van der Waals surface area contributed by atoms with E-state index in [0.29, 0.717) is 17.4 Å². The van der Waals surface area contributed by atoms with Gasteiger partial charge >= 0.3 is 7.62 Å². The molecule has 4 atom stereocenters. The fourth-order valence-electron chi connectivity index (χ4n) is 3.47. The van der Waals surface area contributed by atoms with Crippen LogP contribution in [0.2, 0.25) is 0 Å². The summed E-state index contributed by atoms with van der Waals surface area (Å²) in [4.78, 5) is 0. The molecule has 0 amide bonds. The summed E-state index contributed by atoms with van der Waals surface area (Å²) in [5.41, 5.74) is 0.549. The summed E-state index contributed by atoms with van der Waals surface area (Å²) < 4.78 is 0. The average molecular weight is 180 g/mol. The second-order valence-electron chi connectivity index (χ2n) is 5.36. The summed E-state index contributed by atoms with van der Waals surface area (Å²) in [5, 5.41) is 11.8. The van der Waals surface area contributed by atoms with E-state index < -0.39 is 0 Å². The number of fused-ring (bicyclic) bond motifs is 2. The fourth-order valence-corrected chi connectivity index (χ4v) is 3.47. The molecule has 0 heterocycles. The van der Waals surface area contributed by atoms with Crippen LogP contribution in [0, 0.1) is 23.2 Å². The number of nitrogens with one attached hydrogen (secondary N) is 1.